The molecule has 0 unspecified atom stereocenters. The van der Waals surface area contributed by atoms with Crippen molar-refractivity contribution in [1.82, 2.24) is 0 Å². The van der Waals surface area contributed by atoms with E-state index in [2.05, 4.69) is 0 Å². The number of nitro groups is 1. The molecule has 0 saturated carbocycles. The molecular formula is C21H17NO5S. The number of aldehydes is 1. The number of hydrogen-bond acceptors (Lipinski definition) is 6. The van der Waals surface area contributed by atoms with Gasteiger partial charge in [0.1, 0.15) is 11.5 Å². The zero-order valence-corrected chi connectivity index (χ0v) is 16.1. The van der Waals surface area contributed by atoms with Crippen LogP contribution >= 0.6 is 11.3 Å². The standard InChI is InChI=1S/C21H17NO5S/c1-26-19-10-9-17(20-4-3-11-28-20)21(27-2)18(19)12-15(13-23)14-5-7-16(8-6-14)22(24)25/h3-13H,1-2H3. The van der Waals surface area contributed by atoms with Gasteiger partial charge in [-0.15, -0.1) is 11.3 Å². The number of carbonyl (C=O) groups excluding carboxylic acids is 1. The van der Waals surface area contributed by atoms with Crippen molar-refractivity contribution in [2.24, 2.45) is 0 Å². The Labute approximate surface area is 165 Å². The predicted octanol–water partition coefficient (Wildman–Crippen LogP) is 5.08. The van der Waals surface area contributed by atoms with Crippen molar-refractivity contribution in [2.45, 2.75) is 0 Å². The summed E-state index contributed by atoms with van der Waals surface area (Å²) in [5.74, 6) is 1.14. The van der Waals surface area contributed by atoms with Crippen molar-refractivity contribution in [1.29, 1.82) is 0 Å². The van der Waals surface area contributed by atoms with E-state index in [-0.39, 0.29) is 5.69 Å². The summed E-state index contributed by atoms with van der Waals surface area (Å²) in [6.45, 7) is 0. The fourth-order valence-electron chi connectivity index (χ4n) is 2.86. The molecule has 28 heavy (non-hydrogen) atoms. The third-order valence-corrected chi connectivity index (χ3v) is 5.11. The van der Waals surface area contributed by atoms with Crippen LogP contribution in [0.5, 0.6) is 11.5 Å². The van der Waals surface area contributed by atoms with E-state index >= 15 is 0 Å². The van der Waals surface area contributed by atoms with Gasteiger partial charge in [-0.3, -0.25) is 14.9 Å². The molecule has 0 atom stereocenters. The van der Waals surface area contributed by atoms with Gasteiger partial charge in [-0.2, -0.15) is 0 Å². The molecule has 0 saturated heterocycles. The van der Waals surface area contributed by atoms with Crippen molar-refractivity contribution in [3.05, 3.63) is 75.2 Å². The molecule has 0 radical (unpaired) electrons. The third-order valence-electron chi connectivity index (χ3n) is 4.21. The van der Waals surface area contributed by atoms with Crippen LogP contribution in [0.3, 0.4) is 0 Å². The molecule has 0 N–H and O–H groups in total. The number of ether oxygens (including phenoxy) is 2. The Kier molecular flexibility index (Phi) is 5.86. The quantitative estimate of drug-likeness (QED) is 0.183. The first-order valence-electron chi connectivity index (χ1n) is 8.29. The van der Waals surface area contributed by atoms with Crippen molar-refractivity contribution in [2.75, 3.05) is 14.2 Å². The lowest BCUT2D eigenvalue weighted by Crippen LogP contribution is -1.96. The summed E-state index contributed by atoms with van der Waals surface area (Å²) in [6.07, 6.45) is 2.38. The molecule has 2 aromatic carbocycles. The van der Waals surface area contributed by atoms with Crippen LogP contribution in [0.15, 0.2) is 53.9 Å². The molecule has 3 rings (SSSR count). The number of rotatable bonds is 7. The van der Waals surface area contributed by atoms with Crippen LogP contribution in [-0.2, 0) is 4.79 Å². The fourth-order valence-corrected chi connectivity index (χ4v) is 3.61. The number of allylic oxidation sites excluding steroid dienone is 1. The van der Waals surface area contributed by atoms with Gasteiger partial charge in [-0.25, -0.2) is 0 Å². The number of non-ortho nitro benzene ring substituents is 1. The highest BCUT2D eigenvalue weighted by Gasteiger charge is 2.17. The largest absolute Gasteiger partial charge is 0.496 e. The van der Waals surface area contributed by atoms with Gasteiger partial charge >= 0.3 is 0 Å². The maximum atomic E-state index is 11.8. The Morgan fingerprint density at radius 1 is 1.07 bits per heavy atom. The molecule has 0 aliphatic heterocycles. The van der Waals surface area contributed by atoms with Gasteiger partial charge in [0.05, 0.1) is 24.7 Å². The molecule has 0 amide bonds. The molecule has 6 nitrogen and oxygen atoms in total. The number of thiophene rings is 1. The Morgan fingerprint density at radius 3 is 2.36 bits per heavy atom. The predicted molar refractivity (Wildman–Crippen MR) is 110 cm³/mol. The van der Waals surface area contributed by atoms with Crippen LogP contribution in [0.4, 0.5) is 5.69 Å². The molecule has 0 aliphatic rings. The van der Waals surface area contributed by atoms with Crippen molar-refractivity contribution < 1.29 is 19.2 Å². The second kappa shape index (κ2) is 8.49. The number of hydrogen-bond donors (Lipinski definition) is 0. The minimum absolute atomic E-state index is 0.0381. The lowest BCUT2D eigenvalue weighted by Gasteiger charge is -2.15. The highest BCUT2D eigenvalue weighted by atomic mass is 32.1. The van der Waals surface area contributed by atoms with Gasteiger partial charge in [0.15, 0.2) is 6.29 Å². The average molecular weight is 395 g/mol. The van der Waals surface area contributed by atoms with E-state index in [0.717, 1.165) is 10.4 Å². The highest BCUT2D eigenvalue weighted by Crippen LogP contribution is 2.41. The fraction of sp³-hybridized carbons (Fsp3) is 0.0952. The van der Waals surface area contributed by atoms with Crippen LogP contribution in [0.2, 0.25) is 0 Å². The summed E-state index contributed by atoms with van der Waals surface area (Å²) >= 11 is 1.58. The summed E-state index contributed by atoms with van der Waals surface area (Å²) in [5.41, 5.74) is 2.39. The SMILES string of the molecule is COc1ccc(-c2cccs2)c(OC)c1C=C(C=O)c1ccc([N+](=O)[O-])cc1. The number of benzene rings is 2. The van der Waals surface area contributed by atoms with E-state index < -0.39 is 4.92 Å². The normalized spacial score (nSPS) is 11.1. The maximum absolute atomic E-state index is 11.8. The van der Waals surface area contributed by atoms with Gasteiger partial charge in [0.25, 0.3) is 5.69 Å². The summed E-state index contributed by atoms with van der Waals surface area (Å²) in [4.78, 5) is 23.2. The molecule has 1 aromatic heterocycles. The van der Waals surface area contributed by atoms with Gasteiger partial charge in [0, 0.05) is 28.1 Å². The van der Waals surface area contributed by atoms with Crippen LogP contribution < -0.4 is 9.47 Å². The smallest absolute Gasteiger partial charge is 0.269 e. The van der Waals surface area contributed by atoms with E-state index in [0.29, 0.717) is 34.5 Å². The van der Waals surface area contributed by atoms with Gasteiger partial charge in [-0.05, 0) is 47.4 Å². The van der Waals surface area contributed by atoms with Crippen molar-refractivity contribution in [3.63, 3.8) is 0 Å². The summed E-state index contributed by atoms with van der Waals surface area (Å²) in [6, 6.07) is 13.5. The molecule has 142 valence electrons. The van der Waals surface area contributed by atoms with E-state index in [1.54, 1.807) is 43.8 Å². The summed E-state index contributed by atoms with van der Waals surface area (Å²) < 4.78 is 11.1. The Hall–Kier alpha value is -3.45. The second-order valence-electron chi connectivity index (χ2n) is 5.76. The molecule has 7 heteroatoms. The first-order valence-corrected chi connectivity index (χ1v) is 9.17. The van der Waals surface area contributed by atoms with Crippen LogP contribution in [0, 0.1) is 10.1 Å². The van der Waals surface area contributed by atoms with Gasteiger partial charge in [-0.1, -0.05) is 6.07 Å². The molecule has 3 aromatic rings. The Morgan fingerprint density at radius 2 is 1.82 bits per heavy atom. The van der Waals surface area contributed by atoms with Crippen molar-refractivity contribution >= 4 is 35.0 Å². The van der Waals surface area contributed by atoms with Crippen LogP contribution in [-0.4, -0.2) is 25.4 Å². The summed E-state index contributed by atoms with van der Waals surface area (Å²) in [7, 11) is 3.11. The lowest BCUT2D eigenvalue weighted by molar-refractivity contribution is -0.384. The minimum atomic E-state index is -0.482. The van der Waals surface area contributed by atoms with Crippen molar-refractivity contribution in [3.8, 4) is 21.9 Å². The lowest BCUT2D eigenvalue weighted by atomic mass is 10.00. The van der Waals surface area contributed by atoms with E-state index in [4.69, 9.17) is 9.47 Å². The Bertz CT molecular complexity index is 1020. The molecule has 1 heterocycles. The van der Waals surface area contributed by atoms with E-state index in [1.165, 1.54) is 12.1 Å². The second-order valence-corrected chi connectivity index (χ2v) is 6.71. The summed E-state index contributed by atoms with van der Waals surface area (Å²) in [5, 5.41) is 12.8. The van der Waals surface area contributed by atoms with Crippen LogP contribution in [0.25, 0.3) is 22.1 Å². The average Bonchev–Trinajstić information content (AvgIpc) is 3.26. The van der Waals surface area contributed by atoms with E-state index in [1.807, 2.05) is 29.6 Å². The number of methoxy groups -OCH3 is 2. The number of nitro benzene ring substituents is 1. The number of carbonyl (C=O) groups is 1. The maximum Gasteiger partial charge on any atom is 0.269 e. The first kappa shape index (κ1) is 19.3. The van der Waals surface area contributed by atoms with Gasteiger partial charge < -0.3 is 9.47 Å². The zero-order valence-electron chi connectivity index (χ0n) is 15.2. The zero-order chi connectivity index (χ0) is 20.1. The number of nitrogens with zero attached hydrogens (tertiary/aromatic N) is 1. The molecular weight excluding hydrogens is 378 g/mol. The van der Waals surface area contributed by atoms with Crippen LogP contribution in [0.1, 0.15) is 11.1 Å². The Balaban J connectivity index is 2.15. The molecule has 0 bridgehead atoms. The topological polar surface area (TPSA) is 78.7 Å². The van der Waals surface area contributed by atoms with Gasteiger partial charge in [0.2, 0.25) is 0 Å². The third kappa shape index (κ3) is 3.79. The monoisotopic (exact) mass is 395 g/mol. The molecule has 0 fully saturated rings. The minimum Gasteiger partial charge on any atom is -0.496 e. The van der Waals surface area contributed by atoms with E-state index in [9.17, 15) is 14.9 Å². The molecule has 0 aliphatic carbocycles. The first-order chi connectivity index (χ1) is 13.6. The highest BCUT2D eigenvalue weighted by molar-refractivity contribution is 7.13. The molecule has 0 spiro atoms.